The molecule has 0 aliphatic rings. The van der Waals surface area contributed by atoms with E-state index in [0.29, 0.717) is 5.56 Å². The number of rotatable bonds is 4. The first-order valence-corrected chi connectivity index (χ1v) is 9.46. The zero-order chi connectivity index (χ0) is 13.2. The number of hydrogen-bond donors (Lipinski definition) is 0. The summed E-state index contributed by atoms with van der Waals surface area (Å²) in [6, 6.07) is 9.26. The smallest absolute Gasteiger partial charge is 0.184 e. The minimum absolute atomic E-state index is 0.0580. The van der Waals surface area contributed by atoms with Crippen LogP contribution >= 0.6 is 0 Å². The molecule has 0 atom stereocenters. The first-order valence-electron chi connectivity index (χ1n) is 5.96. The predicted octanol–water partition coefficient (Wildman–Crippen LogP) is 1.71. The lowest BCUT2D eigenvalue weighted by Gasteiger charge is -2.09. The SMILES string of the molecule is C[Si](C)(C)c1cn(CC(=O)c2ccccc2)nn1. The van der Waals surface area contributed by atoms with Gasteiger partial charge in [0, 0.05) is 11.8 Å². The molecule has 0 N–H and O–H groups in total. The molecule has 0 unspecified atom stereocenters. The number of Topliss-reactive ketones (excluding diaryl/α,β-unsaturated/α-hetero) is 1. The monoisotopic (exact) mass is 259 g/mol. The van der Waals surface area contributed by atoms with Crippen LogP contribution in [0.3, 0.4) is 0 Å². The molecule has 94 valence electrons. The normalized spacial score (nSPS) is 11.5. The second-order valence-corrected chi connectivity index (χ2v) is 10.4. The second-order valence-electron chi connectivity index (χ2n) is 5.34. The summed E-state index contributed by atoms with van der Waals surface area (Å²) in [5.74, 6) is 0.0580. The number of benzene rings is 1. The average molecular weight is 259 g/mol. The Balaban J connectivity index is 2.11. The Labute approximate surface area is 108 Å². The van der Waals surface area contributed by atoms with Gasteiger partial charge in [-0.25, -0.2) is 4.68 Å². The maximum Gasteiger partial charge on any atom is 0.184 e. The maximum atomic E-state index is 12.0. The van der Waals surface area contributed by atoms with Crippen molar-refractivity contribution in [2.45, 2.75) is 26.2 Å². The van der Waals surface area contributed by atoms with Crippen LogP contribution in [0, 0.1) is 0 Å². The van der Waals surface area contributed by atoms with Gasteiger partial charge in [0.15, 0.2) is 5.78 Å². The minimum Gasteiger partial charge on any atom is -0.292 e. The molecule has 0 aliphatic heterocycles. The molecule has 1 aromatic carbocycles. The zero-order valence-electron chi connectivity index (χ0n) is 10.9. The van der Waals surface area contributed by atoms with E-state index in [4.69, 9.17) is 0 Å². The highest BCUT2D eigenvalue weighted by Gasteiger charge is 2.20. The van der Waals surface area contributed by atoms with Gasteiger partial charge in [0.05, 0.1) is 5.32 Å². The minimum atomic E-state index is -1.45. The van der Waals surface area contributed by atoms with Gasteiger partial charge in [-0.3, -0.25) is 4.79 Å². The van der Waals surface area contributed by atoms with Gasteiger partial charge in [-0.2, -0.15) is 0 Å². The summed E-state index contributed by atoms with van der Waals surface area (Å²) in [4.78, 5) is 12.0. The molecule has 0 bridgehead atoms. The fourth-order valence-corrected chi connectivity index (χ4v) is 2.46. The second kappa shape index (κ2) is 4.86. The van der Waals surface area contributed by atoms with E-state index in [1.54, 1.807) is 4.68 Å². The van der Waals surface area contributed by atoms with E-state index in [-0.39, 0.29) is 12.3 Å². The summed E-state index contributed by atoms with van der Waals surface area (Å²) in [6.07, 6.45) is 1.90. The van der Waals surface area contributed by atoms with Crippen LogP contribution in [-0.4, -0.2) is 28.9 Å². The standard InChI is InChI=1S/C13H17N3OSi/c1-18(2,3)13-10-16(15-14-13)9-12(17)11-7-5-4-6-8-11/h4-8,10H,9H2,1-3H3. The molecule has 0 spiro atoms. The molecule has 1 heterocycles. The highest BCUT2D eigenvalue weighted by Crippen LogP contribution is 2.03. The Kier molecular flexibility index (Phi) is 3.42. The van der Waals surface area contributed by atoms with Crippen molar-refractivity contribution in [2.24, 2.45) is 0 Å². The molecule has 0 saturated carbocycles. The van der Waals surface area contributed by atoms with Gasteiger partial charge < -0.3 is 0 Å². The lowest BCUT2D eigenvalue weighted by atomic mass is 10.1. The van der Waals surface area contributed by atoms with Gasteiger partial charge >= 0.3 is 0 Å². The summed E-state index contributed by atoms with van der Waals surface area (Å²) >= 11 is 0. The zero-order valence-corrected chi connectivity index (χ0v) is 11.9. The van der Waals surface area contributed by atoms with Crippen molar-refractivity contribution in [3.63, 3.8) is 0 Å². The van der Waals surface area contributed by atoms with Gasteiger partial charge in [0.2, 0.25) is 0 Å². The Hall–Kier alpha value is -1.75. The van der Waals surface area contributed by atoms with Gasteiger partial charge in [-0.05, 0) is 0 Å². The van der Waals surface area contributed by atoms with Gasteiger partial charge in [0.25, 0.3) is 0 Å². The van der Waals surface area contributed by atoms with Gasteiger partial charge in [-0.15, -0.1) is 5.10 Å². The number of ketones is 1. The quantitative estimate of drug-likeness (QED) is 0.620. The topological polar surface area (TPSA) is 47.8 Å². The van der Waals surface area contributed by atoms with Crippen molar-refractivity contribution in [3.8, 4) is 0 Å². The number of nitrogens with zero attached hydrogens (tertiary/aromatic N) is 3. The van der Waals surface area contributed by atoms with Crippen LogP contribution in [0.4, 0.5) is 0 Å². The third kappa shape index (κ3) is 2.92. The maximum absolute atomic E-state index is 12.0. The van der Waals surface area contributed by atoms with Crippen molar-refractivity contribution in [1.82, 2.24) is 15.0 Å². The first-order chi connectivity index (χ1) is 8.47. The van der Waals surface area contributed by atoms with Crippen LogP contribution in [0.1, 0.15) is 10.4 Å². The van der Waals surface area contributed by atoms with E-state index in [2.05, 4.69) is 30.0 Å². The van der Waals surface area contributed by atoms with Crippen LogP contribution < -0.4 is 5.32 Å². The van der Waals surface area contributed by atoms with E-state index in [1.165, 1.54) is 0 Å². The predicted molar refractivity (Wildman–Crippen MR) is 73.8 cm³/mol. The molecule has 5 heteroatoms. The summed E-state index contributed by atoms with van der Waals surface area (Å²) in [6.45, 7) is 6.88. The molecule has 0 saturated heterocycles. The first kappa shape index (κ1) is 12.7. The van der Waals surface area contributed by atoms with E-state index in [0.717, 1.165) is 5.32 Å². The van der Waals surface area contributed by atoms with E-state index >= 15 is 0 Å². The Bertz CT molecular complexity index is 543. The van der Waals surface area contributed by atoms with Crippen LogP contribution in [-0.2, 0) is 6.54 Å². The molecule has 2 aromatic rings. The Morgan fingerprint density at radius 1 is 1.22 bits per heavy atom. The molecule has 0 radical (unpaired) electrons. The van der Waals surface area contributed by atoms with Crippen molar-refractivity contribution >= 4 is 19.2 Å². The van der Waals surface area contributed by atoms with Crippen molar-refractivity contribution in [2.75, 3.05) is 0 Å². The summed E-state index contributed by atoms with van der Waals surface area (Å²) < 4.78 is 1.63. The molecule has 2 rings (SSSR count). The van der Waals surface area contributed by atoms with E-state index in [9.17, 15) is 4.79 Å². The van der Waals surface area contributed by atoms with Gasteiger partial charge in [0.1, 0.15) is 14.6 Å². The van der Waals surface area contributed by atoms with Crippen molar-refractivity contribution in [1.29, 1.82) is 0 Å². The largest absolute Gasteiger partial charge is 0.292 e. The fraction of sp³-hybridized carbons (Fsp3) is 0.308. The van der Waals surface area contributed by atoms with E-state index in [1.807, 2.05) is 36.5 Å². The molecule has 0 fully saturated rings. The molecular weight excluding hydrogens is 242 g/mol. The van der Waals surface area contributed by atoms with Crippen LogP contribution in [0.5, 0.6) is 0 Å². The van der Waals surface area contributed by atoms with Crippen LogP contribution in [0.25, 0.3) is 0 Å². The summed E-state index contributed by atoms with van der Waals surface area (Å²) in [5, 5.41) is 9.22. The number of carbonyl (C=O) groups excluding carboxylic acids is 1. The van der Waals surface area contributed by atoms with Crippen molar-refractivity contribution in [3.05, 3.63) is 42.1 Å². The summed E-state index contributed by atoms with van der Waals surface area (Å²) in [7, 11) is -1.45. The molecule has 1 aromatic heterocycles. The lowest BCUT2D eigenvalue weighted by molar-refractivity contribution is 0.0967. The van der Waals surface area contributed by atoms with Crippen LogP contribution in [0.15, 0.2) is 36.5 Å². The molecular formula is C13H17N3OSi. The lowest BCUT2D eigenvalue weighted by Crippen LogP contribution is -2.38. The van der Waals surface area contributed by atoms with E-state index < -0.39 is 8.07 Å². The summed E-state index contributed by atoms with van der Waals surface area (Å²) in [5.41, 5.74) is 0.711. The number of hydrogen-bond acceptors (Lipinski definition) is 3. The number of carbonyl (C=O) groups is 1. The Morgan fingerprint density at radius 3 is 2.44 bits per heavy atom. The fourth-order valence-electron chi connectivity index (χ4n) is 1.58. The van der Waals surface area contributed by atoms with Crippen LogP contribution in [0.2, 0.25) is 19.6 Å². The average Bonchev–Trinajstić information content (AvgIpc) is 2.78. The third-order valence-corrected chi connectivity index (χ3v) is 4.47. The highest BCUT2D eigenvalue weighted by atomic mass is 28.3. The number of aromatic nitrogens is 3. The molecule has 0 amide bonds. The molecule has 18 heavy (non-hydrogen) atoms. The van der Waals surface area contributed by atoms with Crippen molar-refractivity contribution < 1.29 is 4.79 Å². The molecule has 4 nitrogen and oxygen atoms in total. The van der Waals surface area contributed by atoms with Gasteiger partial charge in [-0.1, -0.05) is 55.2 Å². The third-order valence-electron chi connectivity index (χ3n) is 2.71. The highest BCUT2D eigenvalue weighted by molar-refractivity contribution is 6.88. The Morgan fingerprint density at radius 2 is 1.89 bits per heavy atom. The molecule has 0 aliphatic carbocycles.